The van der Waals surface area contributed by atoms with Gasteiger partial charge in [0, 0.05) is 12.5 Å². The van der Waals surface area contributed by atoms with Gasteiger partial charge in [-0.15, -0.1) is 0 Å². The van der Waals surface area contributed by atoms with E-state index in [9.17, 15) is 0 Å². The SMILES string of the molecule is C=CC(=S)NCC(/C(=C/N)c1ccccc1C)/C(C)=C/C=C\C. The molecule has 0 aliphatic rings. The van der Waals surface area contributed by atoms with Crippen LogP contribution in [0.2, 0.25) is 0 Å². The molecule has 0 spiro atoms. The molecule has 3 N–H and O–H groups in total. The molecule has 0 amide bonds. The van der Waals surface area contributed by atoms with Gasteiger partial charge in [-0.3, -0.25) is 0 Å². The number of nitrogens with one attached hydrogen (secondary N) is 1. The third-order valence-corrected chi connectivity index (χ3v) is 4.09. The lowest BCUT2D eigenvalue weighted by Crippen LogP contribution is -2.28. The first-order valence-electron chi connectivity index (χ1n) is 7.72. The molecule has 0 aromatic heterocycles. The van der Waals surface area contributed by atoms with E-state index in [4.69, 9.17) is 18.0 Å². The van der Waals surface area contributed by atoms with Gasteiger partial charge in [-0.1, -0.05) is 66.9 Å². The quantitative estimate of drug-likeness (QED) is 0.439. The van der Waals surface area contributed by atoms with Crippen molar-refractivity contribution < 1.29 is 0 Å². The fourth-order valence-corrected chi connectivity index (χ4v) is 2.53. The summed E-state index contributed by atoms with van der Waals surface area (Å²) < 4.78 is 0. The summed E-state index contributed by atoms with van der Waals surface area (Å²) in [5.41, 5.74) is 10.7. The summed E-state index contributed by atoms with van der Waals surface area (Å²) in [7, 11) is 0. The number of hydrogen-bond donors (Lipinski definition) is 2. The third-order valence-electron chi connectivity index (χ3n) is 3.78. The fraction of sp³-hybridized carbons (Fsp3) is 0.250. The maximum Gasteiger partial charge on any atom is 0.0982 e. The van der Waals surface area contributed by atoms with Crippen LogP contribution in [0.1, 0.15) is 25.0 Å². The highest BCUT2D eigenvalue weighted by atomic mass is 32.1. The van der Waals surface area contributed by atoms with Crippen molar-refractivity contribution in [1.29, 1.82) is 0 Å². The first-order valence-corrected chi connectivity index (χ1v) is 8.13. The van der Waals surface area contributed by atoms with Gasteiger partial charge in [0.25, 0.3) is 0 Å². The van der Waals surface area contributed by atoms with Crippen molar-refractivity contribution in [3.05, 3.63) is 78.0 Å². The number of aryl methyl sites for hydroxylation is 1. The zero-order chi connectivity index (χ0) is 17.2. The molecule has 0 heterocycles. The summed E-state index contributed by atoms with van der Waals surface area (Å²) in [4.78, 5) is 0.648. The summed E-state index contributed by atoms with van der Waals surface area (Å²) >= 11 is 5.20. The van der Waals surface area contributed by atoms with Crippen molar-refractivity contribution in [2.45, 2.75) is 20.8 Å². The Morgan fingerprint density at radius 3 is 2.65 bits per heavy atom. The molecule has 0 fully saturated rings. The fourth-order valence-electron chi connectivity index (χ4n) is 2.45. The minimum absolute atomic E-state index is 0.134. The Labute approximate surface area is 145 Å². The summed E-state index contributed by atoms with van der Waals surface area (Å²) in [5, 5.41) is 3.25. The van der Waals surface area contributed by atoms with Crippen LogP contribution in [-0.2, 0) is 0 Å². The number of allylic oxidation sites excluding steroid dienone is 3. The predicted molar refractivity (Wildman–Crippen MR) is 106 cm³/mol. The van der Waals surface area contributed by atoms with Gasteiger partial charge in [0.15, 0.2) is 0 Å². The second-order valence-electron chi connectivity index (χ2n) is 5.38. The molecule has 122 valence electrons. The van der Waals surface area contributed by atoms with Gasteiger partial charge < -0.3 is 11.1 Å². The molecule has 1 aromatic rings. The summed E-state index contributed by atoms with van der Waals surface area (Å²) in [6.45, 7) is 10.6. The van der Waals surface area contributed by atoms with Crippen LogP contribution in [0.3, 0.4) is 0 Å². The molecule has 1 unspecified atom stereocenters. The molecule has 0 bridgehead atoms. The van der Waals surface area contributed by atoms with Gasteiger partial charge in [0.05, 0.1) is 4.99 Å². The number of thiocarbonyl (C=S) groups is 1. The van der Waals surface area contributed by atoms with Gasteiger partial charge >= 0.3 is 0 Å². The van der Waals surface area contributed by atoms with E-state index in [0.717, 1.165) is 5.57 Å². The maximum absolute atomic E-state index is 5.99. The van der Waals surface area contributed by atoms with E-state index in [0.29, 0.717) is 11.5 Å². The van der Waals surface area contributed by atoms with E-state index >= 15 is 0 Å². The molecular formula is C20H26N2S. The van der Waals surface area contributed by atoms with Crippen molar-refractivity contribution >= 4 is 22.8 Å². The van der Waals surface area contributed by atoms with Gasteiger partial charge in [0.1, 0.15) is 0 Å². The Balaban J connectivity index is 3.22. The van der Waals surface area contributed by atoms with Crippen LogP contribution in [0, 0.1) is 12.8 Å². The van der Waals surface area contributed by atoms with Gasteiger partial charge in [-0.05, 0) is 49.7 Å². The molecule has 1 rings (SSSR count). The van der Waals surface area contributed by atoms with Crippen molar-refractivity contribution in [2.75, 3.05) is 6.54 Å². The molecule has 23 heavy (non-hydrogen) atoms. The average Bonchev–Trinajstić information content (AvgIpc) is 2.57. The maximum atomic E-state index is 5.99. The molecule has 0 aliphatic heterocycles. The molecular weight excluding hydrogens is 300 g/mol. The minimum Gasteiger partial charge on any atom is -0.404 e. The van der Waals surface area contributed by atoms with Crippen LogP contribution in [0.4, 0.5) is 0 Å². The summed E-state index contributed by atoms with van der Waals surface area (Å²) in [6.07, 6.45) is 9.53. The molecule has 0 saturated heterocycles. The van der Waals surface area contributed by atoms with Crippen LogP contribution in [0.15, 0.2) is 66.9 Å². The Kier molecular flexibility index (Phi) is 8.06. The summed E-state index contributed by atoms with van der Waals surface area (Å²) in [5.74, 6) is 0.134. The molecule has 0 radical (unpaired) electrons. The van der Waals surface area contributed by atoms with Gasteiger partial charge in [-0.25, -0.2) is 0 Å². The molecule has 1 aromatic carbocycles. The lowest BCUT2D eigenvalue weighted by atomic mass is 9.85. The number of benzene rings is 1. The molecule has 0 saturated carbocycles. The van der Waals surface area contributed by atoms with Crippen LogP contribution in [0.25, 0.3) is 5.57 Å². The monoisotopic (exact) mass is 326 g/mol. The minimum atomic E-state index is 0.134. The van der Waals surface area contributed by atoms with Crippen LogP contribution in [0.5, 0.6) is 0 Å². The highest BCUT2D eigenvalue weighted by molar-refractivity contribution is 7.80. The van der Waals surface area contributed by atoms with Gasteiger partial charge in [0.2, 0.25) is 0 Å². The zero-order valence-electron chi connectivity index (χ0n) is 14.2. The molecule has 2 nitrogen and oxygen atoms in total. The predicted octanol–water partition coefficient (Wildman–Crippen LogP) is 4.54. The third kappa shape index (κ3) is 5.53. The molecule has 1 atom stereocenters. The van der Waals surface area contributed by atoms with Crippen LogP contribution in [-0.4, -0.2) is 11.5 Å². The van der Waals surface area contributed by atoms with E-state index in [1.165, 1.54) is 16.7 Å². The first kappa shape index (κ1) is 18.9. The lowest BCUT2D eigenvalue weighted by molar-refractivity contribution is 0.734. The average molecular weight is 327 g/mol. The second-order valence-corrected chi connectivity index (χ2v) is 5.82. The molecule has 3 heteroatoms. The Bertz CT molecular complexity index is 639. The Hall–Kier alpha value is -2.13. The largest absolute Gasteiger partial charge is 0.404 e. The van der Waals surface area contributed by atoms with Crippen LogP contribution < -0.4 is 11.1 Å². The van der Waals surface area contributed by atoms with Crippen molar-refractivity contribution in [3.63, 3.8) is 0 Å². The standard InChI is InChI=1S/C20H26N2S/c1-5-7-10-16(4)19(14-22-20(23)6-2)18(13-21)17-12-9-8-11-15(17)3/h5-13,19H,2,14,21H2,1,3-4H3,(H,22,23)/b7-5-,16-10+,18-13+. The summed E-state index contributed by atoms with van der Waals surface area (Å²) in [6, 6.07) is 8.28. The highest BCUT2D eigenvalue weighted by Crippen LogP contribution is 2.30. The topological polar surface area (TPSA) is 38.0 Å². The number of rotatable bonds is 7. The number of hydrogen-bond acceptors (Lipinski definition) is 2. The van der Waals surface area contributed by atoms with E-state index < -0.39 is 0 Å². The van der Waals surface area contributed by atoms with Crippen LogP contribution >= 0.6 is 12.2 Å². The Morgan fingerprint density at radius 1 is 1.39 bits per heavy atom. The smallest absolute Gasteiger partial charge is 0.0982 e. The van der Waals surface area contributed by atoms with Crippen molar-refractivity contribution in [3.8, 4) is 0 Å². The first-order chi connectivity index (χ1) is 11.0. The van der Waals surface area contributed by atoms with E-state index in [1.807, 2.05) is 31.2 Å². The number of nitrogens with two attached hydrogens (primary N) is 1. The van der Waals surface area contributed by atoms with E-state index in [2.05, 4.69) is 44.0 Å². The highest BCUT2D eigenvalue weighted by Gasteiger charge is 2.19. The van der Waals surface area contributed by atoms with E-state index in [-0.39, 0.29) is 5.92 Å². The van der Waals surface area contributed by atoms with Crippen molar-refractivity contribution in [1.82, 2.24) is 5.32 Å². The normalized spacial score (nSPS) is 13.9. The molecule has 0 aliphatic carbocycles. The Morgan fingerprint density at radius 2 is 2.09 bits per heavy atom. The van der Waals surface area contributed by atoms with Gasteiger partial charge in [-0.2, -0.15) is 0 Å². The van der Waals surface area contributed by atoms with E-state index in [1.54, 1.807) is 12.3 Å². The lowest BCUT2D eigenvalue weighted by Gasteiger charge is -2.23. The zero-order valence-corrected chi connectivity index (χ0v) is 15.0. The van der Waals surface area contributed by atoms with Crippen molar-refractivity contribution in [2.24, 2.45) is 11.7 Å². The second kappa shape index (κ2) is 9.80.